The standard InChI is InChI=1S/C24H28N2O4/c1-18-7-5-6-10-21(18)23(28)26-15-12-20(13-16-26)24(29)30-17-22(27)25-14-11-19-8-3-2-4-9-19/h2-10,20H,11-17H2,1H3,(H,25,27). The Bertz CT molecular complexity index is 874. The molecule has 1 aliphatic rings. The highest BCUT2D eigenvalue weighted by molar-refractivity contribution is 5.95. The number of nitrogens with one attached hydrogen (secondary N) is 1. The minimum atomic E-state index is -0.365. The van der Waals surface area contributed by atoms with Gasteiger partial charge in [-0.2, -0.15) is 0 Å². The number of amides is 2. The van der Waals surface area contributed by atoms with Crippen molar-refractivity contribution >= 4 is 17.8 Å². The van der Waals surface area contributed by atoms with Gasteiger partial charge in [-0.25, -0.2) is 0 Å². The number of piperidine rings is 1. The Hall–Kier alpha value is -3.15. The van der Waals surface area contributed by atoms with Crippen LogP contribution in [0.5, 0.6) is 0 Å². The third kappa shape index (κ3) is 5.92. The number of likely N-dealkylation sites (tertiary alicyclic amines) is 1. The summed E-state index contributed by atoms with van der Waals surface area (Å²) < 4.78 is 5.19. The summed E-state index contributed by atoms with van der Waals surface area (Å²) in [7, 11) is 0. The van der Waals surface area contributed by atoms with Gasteiger partial charge in [0.25, 0.3) is 11.8 Å². The Morgan fingerprint density at radius 1 is 1.00 bits per heavy atom. The van der Waals surface area contributed by atoms with Crippen molar-refractivity contribution in [1.29, 1.82) is 0 Å². The zero-order chi connectivity index (χ0) is 21.3. The molecule has 1 saturated heterocycles. The summed E-state index contributed by atoms with van der Waals surface area (Å²) in [5, 5.41) is 2.77. The Morgan fingerprint density at radius 3 is 2.37 bits per heavy atom. The number of benzene rings is 2. The summed E-state index contributed by atoms with van der Waals surface area (Å²) in [5.74, 6) is -0.941. The van der Waals surface area contributed by atoms with Crippen LogP contribution < -0.4 is 5.32 Å². The van der Waals surface area contributed by atoms with E-state index in [1.807, 2.05) is 61.5 Å². The lowest BCUT2D eigenvalue weighted by molar-refractivity contribution is -0.153. The van der Waals surface area contributed by atoms with Crippen LogP contribution >= 0.6 is 0 Å². The lowest BCUT2D eigenvalue weighted by Gasteiger charge is -2.31. The molecule has 1 N–H and O–H groups in total. The summed E-state index contributed by atoms with van der Waals surface area (Å²) in [6.45, 7) is 3.17. The second-order valence-electron chi connectivity index (χ2n) is 7.57. The molecule has 30 heavy (non-hydrogen) atoms. The maximum Gasteiger partial charge on any atom is 0.309 e. The monoisotopic (exact) mass is 408 g/mol. The molecule has 0 bridgehead atoms. The highest BCUT2D eigenvalue weighted by Crippen LogP contribution is 2.21. The van der Waals surface area contributed by atoms with Gasteiger partial charge in [0.2, 0.25) is 0 Å². The van der Waals surface area contributed by atoms with Crippen molar-refractivity contribution in [1.82, 2.24) is 10.2 Å². The van der Waals surface area contributed by atoms with Crippen LogP contribution in [-0.4, -0.2) is 48.9 Å². The van der Waals surface area contributed by atoms with Gasteiger partial charge in [0.15, 0.2) is 6.61 Å². The molecule has 0 atom stereocenters. The molecule has 2 aromatic rings. The lowest BCUT2D eigenvalue weighted by Crippen LogP contribution is -2.41. The van der Waals surface area contributed by atoms with E-state index in [1.165, 1.54) is 0 Å². The van der Waals surface area contributed by atoms with E-state index in [0.717, 1.165) is 17.5 Å². The second-order valence-corrected chi connectivity index (χ2v) is 7.57. The van der Waals surface area contributed by atoms with Gasteiger partial charge in [0.05, 0.1) is 5.92 Å². The third-order valence-corrected chi connectivity index (χ3v) is 5.42. The summed E-state index contributed by atoms with van der Waals surface area (Å²) in [5.41, 5.74) is 2.79. The van der Waals surface area contributed by atoms with Crippen LogP contribution in [0.25, 0.3) is 0 Å². The maximum absolute atomic E-state index is 12.7. The lowest BCUT2D eigenvalue weighted by atomic mass is 9.96. The van der Waals surface area contributed by atoms with E-state index in [4.69, 9.17) is 4.74 Å². The predicted octanol–water partition coefficient (Wildman–Crippen LogP) is 2.75. The van der Waals surface area contributed by atoms with Crippen molar-refractivity contribution in [2.45, 2.75) is 26.2 Å². The first-order valence-electron chi connectivity index (χ1n) is 10.4. The topological polar surface area (TPSA) is 75.7 Å². The van der Waals surface area contributed by atoms with Gasteiger partial charge in [-0.3, -0.25) is 14.4 Å². The highest BCUT2D eigenvalue weighted by Gasteiger charge is 2.29. The molecule has 158 valence electrons. The fourth-order valence-corrected chi connectivity index (χ4v) is 3.60. The van der Waals surface area contributed by atoms with Crippen molar-refractivity contribution < 1.29 is 19.1 Å². The first-order valence-corrected chi connectivity index (χ1v) is 10.4. The molecule has 0 unspecified atom stereocenters. The van der Waals surface area contributed by atoms with Crippen LogP contribution in [0.1, 0.15) is 34.3 Å². The minimum absolute atomic E-state index is 0.00212. The third-order valence-electron chi connectivity index (χ3n) is 5.42. The number of ether oxygens (including phenoxy) is 1. The van der Waals surface area contributed by atoms with Crippen molar-refractivity contribution in [2.24, 2.45) is 5.92 Å². The summed E-state index contributed by atoms with van der Waals surface area (Å²) >= 11 is 0. The Kier molecular flexibility index (Phi) is 7.60. The van der Waals surface area contributed by atoms with Gasteiger partial charge >= 0.3 is 5.97 Å². The van der Waals surface area contributed by atoms with Crippen LogP contribution in [0.2, 0.25) is 0 Å². The van der Waals surface area contributed by atoms with Crippen LogP contribution in [0, 0.1) is 12.8 Å². The molecule has 0 spiro atoms. The van der Waals surface area contributed by atoms with E-state index in [2.05, 4.69) is 5.32 Å². The number of carbonyl (C=O) groups is 3. The largest absolute Gasteiger partial charge is 0.455 e. The molecule has 1 aliphatic heterocycles. The quantitative estimate of drug-likeness (QED) is 0.715. The molecule has 0 saturated carbocycles. The fraction of sp³-hybridized carbons (Fsp3) is 0.375. The predicted molar refractivity (Wildman–Crippen MR) is 114 cm³/mol. The minimum Gasteiger partial charge on any atom is -0.455 e. The van der Waals surface area contributed by atoms with Crippen molar-refractivity contribution in [3.05, 3.63) is 71.3 Å². The Morgan fingerprint density at radius 2 is 1.67 bits per heavy atom. The SMILES string of the molecule is Cc1ccccc1C(=O)N1CCC(C(=O)OCC(=O)NCCc2ccccc2)CC1. The molecule has 0 radical (unpaired) electrons. The second kappa shape index (κ2) is 10.6. The average molecular weight is 408 g/mol. The number of nitrogens with zero attached hydrogens (tertiary/aromatic N) is 1. The number of hydrogen-bond donors (Lipinski definition) is 1. The zero-order valence-electron chi connectivity index (χ0n) is 17.3. The van der Waals surface area contributed by atoms with E-state index in [9.17, 15) is 14.4 Å². The number of rotatable bonds is 7. The van der Waals surface area contributed by atoms with Crippen LogP contribution in [-0.2, 0) is 20.7 Å². The molecule has 1 fully saturated rings. The summed E-state index contributed by atoms with van der Waals surface area (Å²) in [4.78, 5) is 38.7. The van der Waals surface area contributed by atoms with E-state index < -0.39 is 0 Å². The van der Waals surface area contributed by atoms with Crippen molar-refractivity contribution in [3.63, 3.8) is 0 Å². The molecule has 3 rings (SSSR count). The molecule has 6 nitrogen and oxygen atoms in total. The van der Waals surface area contributed by atoms with Crippen LogP contribution in [0.3, 0.4) is 0 Å². The Labute approximate surface area is 177 Å². The number of aryl methyl sites for hydroxylation is 1. The van der Waals surface area contributed by atoms with Gasteiger partial charge in [-0.05, 0) is 43.4 Å². The van der Waals surface area contributed by atoms with Crippen molar-refractivity contribution in [2.75, 3.05) is 26.2 Å². The summed E-state index contributed by atoms with van der Waals surface area (Å²) in [6, 6.07) is 17.4. The number of carbonyl (C=O) groups excluding carboxylic acids is 3. The molecule has 0 aliphatic carbocycles. The van der Waals surface area contributed by atoms with Gasteiger partial charge < -0.3 is 15.0 Å². The zero-order valence-corrected chi connectivity index (χ0v) is 17.3. The molecular formula is C24H28N2O4. The van der Waals surface area contributed by atoms with Crippen LogP contribution in [0.15, 0.2) is 54.6 Å². The normalized spacial score (nSPS) is 14.2. The van der Waals surface area contributed by atoms with Gasteiger partial charge in [-0.1, -0.05) is 48.5 Å². The van der Waals surface area contributed by atoms with E-state index in [-0.39, 0.29) is 30.3 Å². The molecule has 2 aromatic carbocycles. The highest BCUT2D eigenvalue weighted by atomic mass is 16.5. The number of esters is 1. The fourth-order valence-electron chi connectivity index (χ4n) is 3.60. The van der Waals surface area contributed by atoms with Gasteiger partial charge in [0, 0.05) is 25.2 Å². The van der Waals surface area contributed by atoms with Gasteiger partial charge in [-0.15, -0.1) is 0 Å². The average Bonchev–Trinajstić information content (AvgIpc) is 2.78. The van der Waals surface area contributed by atoms with Crippen molar-refractivity contribution in [3.8, 4) is 0 Å². The maximum atomic E-state index is 12.7. The molecule has 0 aromatic heterocycles. The van der Waals surface area contributed by atoms with E-state index in [0.29, 0.717) is 38.0 Å². The summed E-state index contributed by atoms with van der Waals surface area (Å²) in [6.07, 6.45) is 1.83. The smallest absolute Gasteiger partial charge is 0.309 e. The van der Waals surface area contributed by atoms with E-state index >= 15 is 0 Å². The molecule has 6 heteroatoms. The Balaban J connectivity index is 1.36. The van der Waals surface area contributed by atoms with Crippen LogP contribution in [0.4, 0.5) is 0 Å². The number of hydrogen-bond acceptors (Lipinski definition) is 4. The molecular weight excluding hydrogens is 380 g/mol. The van der Waals surface area contributed by atoms with E-state index in [1.54, 1.807) is 4.90 Å². The molecule has 2 amide bonds. The first-order chi connectivity index (χ1) is 14.5. The first kappa shape index (κ1) is 21.6. The van der Waals surface area contributed by atoms with Gasteiger partial charge in [0.1, 0.15) is 0 Å². The molecule has 1 heterocycles.